The highest BCUT2D eigenvalue weighted by Gasteiger charge is 2.18. The van der Waals surface area contributed by atoms with Gasteiger partial charge in [-0.05, 0) is 67.9 Å². The van der Waals surface area contributed by atoms with Crippen molar-refractivity contribution in [3.8, 4) is 45.4 Å². The summed E-state index contributed by atoms with van der Waals surface area (Å²) >= 11 is 0. The van der Waals surface area contributed by atoms with E-state index in [1.807, 2.05) is 48.5 Å². The van der Waals surface area contributed by atoms with Gasteiger partial charge in [-0.1, -0.05) is 12.1 Å². The standard InChI is InChI=1S/C30H28N8O2/c1-39-21-6-4-5-19(15-21)23-9-10-32-29-26(23)34-30(35-29)28-27-25(36-37-28)8-7-24(33-27)20-16-22(18-31-17-20)40-14-13-38-11-2-3-12-38/h4-10,15-18H,2-3,11-14H2,1H3,(H,36,37)(H,32,34,35). The molecule has 0 bridgehead atoms. The van der Waals surface area contributed by atoms with Crippen molar-refractivity contribution in [3.05, 3.63) is 67.1 Å². The minimum Gasteiger partial charge on any atom is -0.497 e. The number of fused-ring (bicyclic) bond motifs is 2. The van der Waals surface area contributed by atoms with Gasteiger partial charge in [-0.3, -0.25) is 15.0 Å². The van der Waals surface area contributed by atoms with E-state index in [4.69, 9.17) is 19.4 Å². The molecule has 40 heavy (non-hydrogen) atoms. The molecular weight excluding hydrogens is 504 g/mol. The van der Waals surface area contributed by atoms with E-state index in [1.54, 1.807) is 25.7 Å². The zero-order chi connectivity index (χ0) is 26.9. The summed E-state index contributed by atoms with van der Waals surface area (Å²) in [6.07, 6.45) is 7.85. The smallest absolute Gasteiger partial charge is 0.178 e. The van der Waals surface area contributed by atoms with Crippen LogP contribution in [-0.4, -0.2) is 73.4 Å². The van der Waals surface area contributed by atoms with E-state index >= 15 is 0 Å². The lowest BCUT2D eigenvalue weighted by molar-refractivity contribution is 0.237. The molecule has 0 aliphatic carbocycles. The fraction of sp³-hybridized carbons (Fsp3) is 0.233. The first-order valence-corrected chi connectivity index (χ1v) is 13.4. The van der Waals surface area contributed by atoms with Gasteiger partial charge in [-0.2, -0.15) is 5.10 Å². The Morgan fingerprint density at radius 3 is 2.75 bits per heavy atom. The second-order valence-corrected chi connectivity index (χ2v) is 9.85. The molecule has 10 heteroatoms. The van der Waals surface area contributed by atoms with E-state index in [-0.39, 0.29) is 0 Å². The quantitative estimate of drug-likeness (QED) is 0.278. The summed E-state index contributed by atoms with van der Waals surface area (Å²) in [4.78, 5) is 24.5. The first-order chi connectivity index (χ1) is 19.7. The topological polar surface area (TPSA) is 118 Å². The van der Waals surface area contributed by atoms with Crippen molar-refractivity contribution >= 4 is 22.2 Å². The molecule has 5 aromatic heterocycles. The van der Waals surface area contributed by atoms with Crippen LogP contribution in [0.4, 0.5) is 0 Å². The number of ether oxygens (including phenoxy) is 2. The average molecular weight is 533 g/mol. The molecule has 10 nitrogen and oxygen atoms in total. The normalized spacial score (nSPS) is 13.8. The third kappa shape index (κ3) is 4.62. The molecule has 6 heterocycles. The van der Waals surface area contributed by atoms with Gasteiger partial charge in [-0.25, -0.2) is 15.0 Å². The lowest BCUT2D eigenvalue weighted by Crippen LogP contribution is -2.25. The summed E-state index contributed by atoms with van der Waals surface area (Å²) in [5.74, 6) is 2.11. The fourth-order valence-corrected chi connectivity index (χ4v) is 5.22. The van der Waals surface area contributed by atoms with E-state index in [9.17, 15) is 0 Å². The maximum atomic E-state index is 6.01. The Balaban J connectivity index is 1.20. The van der Waals surface area contributed by atoms with E-state index in [0.29, 0.717) is 29.3 Å². The SMILES string of the molecule is COc1cccc(-c2ccnc3nc(-c4n[nH]c5ccc(-c6cncc(OCCN7CCCC7)c6)nc45)[nH]c23)c1. The Labute approximate surface area is 230 Å². The number of nitrogens with zero attached hydrogens (tertiary/aromatic N) is 6. The van der Waals surface area contributed by atoms with Gasteiger partial charge in [0.25, 0.3) is 0 Å². The number of likely N-dealkylation sites (tertiary alicyclic amines) is 1. The van der Waals surface area contributed by atoms with Crippen molar-refractivity contribution in [2.75, 3.05) is 33.4 Å². The van der Waals surface area contributed by atoms with E-state index in [1.165, 1.54) is 12.8 Å². The number of hydrogen-bond donors (Lipinski definition) is 2. The fourth-order valence-electron chi connectivity index (χ4n) is 5.22. The molecule has 1 fully saturated rings. The van der Waals surface area contributed by atoms with Crippen molar-refractivity contribution in [2.45, 2.75) is 12.8 Å². The number of pyridine rings is 3. The largest absolute Gasteiger partial charge is 0.497 e. The number of hydrogen-bond acceptors (Lipinski definition) is 8. The predicted molar refractivity (Wildman–Crippen MR) is 153 cm³/mol. The third-order valence-electron chi connectivity index (χ3n) is 7.29. The monoisotopic (exact) mass is 532 g/mol. The van der Waals surface area contributed by atoms with Crippen LogP contribution in [0.1, 0.15) is 12.8 Å². The van der Waals surface area contributed by atoms with Crippen LogP contribution < -0.4 is 9.47 Å². The van der Waals surface area contributed by atoms with Crippen molar-refractivity contribution in [1.82, 2.24) is 40.0 Å². The molecule has 0 radical (unpaired) electrons. The number of nitrogens with one attached hydrogen (secondary N) is 2. The molecular formula is C30H28N8O2. The van der Waals surface area contributed by atoms with E-state index in [0.717, 1.165) is 64.6 Å². The van der Waals surface area contributed by atoms with Gasteiger partial charge < -0.3 is 14.5 Å². The lowest BCUT2D eigenvalue weighted by atomic mass is 10.1. The number of aromatic amines is 2. The molecule has 1 aliphatic heterocycles. The van der Waals surface area contributed by atoms with Crippen LogP contribution in [0.25, 0.3) is 56.1 Å². The summed E-state index contributed by atoms with van der Waals surface area (Å²) in [5.41, 5.74) is 7.20. The number of benzene rings is 1. The van der Waals surface area contributed by atoms with Gasteiger partial charge in [0.2, 0.25) is 0 Å². The molecule has 0 atom stereocenters. The minimum absolute atomic E-state index is 0.589. The van der Waals surface area contributed by atoms with Gasteiger partial charge in [0, 0.05) is 30.1 Å². The molecule has 0 amide bonds. The van der Waals surface area contributed by atoms with Crippen LogP contribution in [0, 0.1) is 0 Å². The zero-order valence-corrected chi connectivity index (χ0v) is 22.1. The maximum Gasteiger partial charge on any atom is 0.178 e. The molecule has 0 saturated carbocycles. The van der Waals surface area contributed by atoms with Crippen molar-refractivity contribution in [1.29, 1.82) is 0 Å². The molecule has 0 unspecified atom stereocenters. The average Bonchev–Trinajstić information content (AvgIpc) is 3.76. The highest BCUT2D eigenvalue weighted by atomic mass is 16.5. The molecule has 7 rings (SSSR count). The van der Waals surface area contributed by atoms with Gasteiger partial charge in [-0.15, -0.1) is 0 Å². The number of rotatable bonds is 8. The molecule has 2 N–H and O–H groups in total. The number of H-pyrrole nitrogens is 2. The van der Waals surface area contributed by atoms with Crippen LogP contribution in [-0.2, 0) is 0 Å². The van der Waals surface area contributed by atoms with Crippen molar-refractivity contribution < 1.29 is 9.47 Å². The summed E-state index contributed by atoms with van der Waals surface area (Å²) in [6.45, 7) is 3.88. The summed E-state index contributed by atoms with van der Waals surface area (Å²) in [7, 11) is 1.66. The number of methoxy groups -OCH3 is 1. The molecule has 1 aliphatic rings. The summed E-state index contributed by atoms with van der Waals surface area (Å²) in [6, 6.07) is 15.8. The Hall–Kier alpha value is -4.83. The van der Waals surface area contributed by atoms with Crippen LogP contribution >= 0.6 is 0 Å². The zero-order valence-electron chi connectivity index (χ0n) is 22.1. The summed E-state index contributed by atoms with van der Waals surface area (Å²) in [5, 5.41) is 7.63. The molecule has 1 saturated heterocycles. The predicted octanol–water partition coefficient (Wildman–Crippen LogP) is 5.11. The van der Waals surface area contributed by atoms with E-state index in [2.05, 4.69) is 30.0 Å². The second kappa shape index (κ2) is 10.4. The highest BCUT2D eigenvalue weighted by molar-refractivity contribution is 5.95. The Morgan fingerprint density at radius 2 is 1.85 bits per heavy atom. The van der Waals surface area contributed by atoms with Crippen molar-refractivity contribution in [3.63, 3.8) is 0 Å². The molecule has 0 spiro atoms. The van der Waals surface area contributed by atoms with Crippen LogP contribution in [0.5, 0.6) is 11.5 Å². The van der Waals surface area contributed by atoms with Crippen molar-refractivity contribution in [2.24, 2.45) is 0 Å². The molecule has 200 valence electrons. The number of imidazole rings is 1. The third-order valence-corrected chi connectivity index (χ3v) is 7.29. The molecule has 6 aromatic rings. The first-order valence-electron chi connectivity index (χ1n) is 13.4. The van der Waals surface area contributed by atoms with E-state index < -0.39 is 0 Å². The Bertz CT molecular complexity index is 1800. The van der Waals surface area contributed by atoms with Gasteiger partial charge in [0.1, 0.15) is 23.6 Å². The Morgan fingerprint density at radius 1 is 0.950 bits per heavy atom. The first kappa shape index (κ1) is 24.2. The lowest BCUT2D eigenvalue weighted by Gasteiger charge is -2.15. The minimum atomic E-state index is 0.589. The van der Waals surface area contributed by atoms with Gasteiger partial charge in [0.05, 0.1) is 30.0 Å². The van der Waals surface area contributed by atoms with Gasteiger partial charge >= 0.3 is 0 Å². The van der Waals surface area contributed by atoms with Crippen LogP contribution in [0.2, 0.25) is 0 Å². The second-order valence-electron chi connectivity index (χ2n) is 9.85. The Kier molecular flexibility index (Phi) is 6.29. The number of aromatic nitrogens is 7. The van der Waals surface area contributed by atoms with Gasteiger partial charge in [0.15, 0.2) is 17.2 Å². The van der Waals surface area contributed by atoms with Crippen LogP contribution in [0.15, 0.2) is 67.1 Å². The van der Waals surface area contributed by atoms with Crippen LogP contribution in [0.3, 0.4) is 0 Å². The highest BCUT2D eigenvalue weighted by Crippen LogP contribution is 2.32. The maximum absolute atomic E-state index is 6.01. The molecule has 1 aromatic carbocycles. The summed E-state index contributed by atoms with van der Waals surface area (Å²) < 4.78 is 11.4.